The highest BCUT2D eigenvalue weighted by Gasteiger charge is 2.22. The summed E-state index contributed by atoms with van der Waals surface area (Å²) in [5.41, 5.74) is 2.46. The number of carboxylic acid groups (broad SMARTS) is 1. The SMILES string of the molecule is CCc1nc(C2CSCCO2)nc(CC)c1CC(=O)O. The molecule has 0 amide bonds. The molecule has 6 heteroatoms. The first-order chi connectivity index (χ1) is 9.65. The van der Waals surface area contributed by atoms with Gasteiger partial charge in [0.15, 0.2) is 5.82 Å². The molecule has 20 heavy (non-hydrogen) atoms. The maximum Gasteiger partial charge on any atom is 0.307 e. The molecule has 1 saturated heterocycles. The largest absolute Gasteiger partial charge is 0.481 e. The second-order valence-electron chi connectivity index (χ2n) is 4.67. The van der Waals surface area contributed by atoms with Gasteiger partial charge in [-0.3, -0.25) is 4.79 Å². The minimum absolute atomic E-state index is 0.00704. The summed E-state index contributed by atoms with van der Waals surface area (Å²) in [6, 6.07) is 0. The Balaban J connectivity index is 2.37. The van der Waals surface area contributed by atoms with Crippen LogP contribution in [0.15, 0.2) is 0 Å². The van der Waals surface area contributed by atoms with Gasteiger partial charge in [-0.15, -0.1) is 0 Å². The molecular weight excluding hydrogens is 276 g/mol. The molecule has 1 fully saturated rings. The lowest BCUT2D eigenvalue weighted by molar-refractivity contribution is -0.136. The van der Waals surface area contributed by atoms with Crippen LogP contribution in [0.25, 0.3) is 0 Å². The lowest BCUT2D eigenvalue weighted by atomic mass is 10.0. The molecule has 1 aliphatic rings. The van der Waals surface area contributed by atoms with Crippen molar-refractivity contribution in [1.82, 2.24) is 9.97 Å². The van der Waals surface area contributed by atoms with E-state index in [2.05, 4.69) is 9.97 Å². The Bertz CT molecular complexity index is 462. The number of nitrogens with zero attached hydrogens (tertiary/aromatic N) is 2. The maximum absolute atomic E-state index is 11.0. The molecule has 0 saturated carbocycles. The highest BCUT2D eigenvalue weighted by molar-refractivity contribution is 7.99. The lowest BCUT2D eigenvalue weighted by Gasteiger charge is -2.22. The molecule has 2 heterocycles. The number of carbonyl (C=O) groups is 1. The van der Waals surface area contributed by atoms with E-state index >= 15 is 0 Å². The van der Waals surface area contributed by atoms with Gasteiger partial charge >= 0.3 is 5.97 Å². The third-order valence-electron chi connectivity index (χ3n) is 3.30. The zero-order valence-corrected chi connectivity index (χ0v) is 12.7. The Kier molecular flexibility index (Phi) is 5.37. The Morgan fingerprint density at radius 3 is 2.45 bits per heavy atom. The Hall–Kier alpha value is -1.14. The average molecular weight is 296 g/mol. The average Bonchev–Trinajstić information content (AvgIpc) is 2.47. The van der Waals surface area contributed by atoms with Crippen LogP contribution in [0.4, 0.5) is 0 Å². The van der Waals surface area contributed by atoms with Crippen LogP contribution in [0, 0.1) is 0 Å². The van der Waals surface area contributed by atoms with E-state index in [0.717, 1.165) is 35.1 Å². The summed E-state index contributed by atoms with van der Waals surface area (Å²) in [6.45, 7) is 4.71. The molecule has 1 unspecified atom stereocenters. The van der Waals surface area contributed by atoms with Crippen LogP contribution in [0.1, 0.15) is 42.7 Å². The van der Waals surface area contributed by atoms with Crippen molar-refractivity contribution in [3.8, 4) is 0 Å². The summed E-state index contributed by atoms with van der Waals surface area (Å²) in [5, 5.41) is 9.04. The van der Waals surface area contributed by atoms with Crippen molar-refractivity contribution in [2.45, 2.75) is 39.2 Å². The third-order valence-corrected chi connectivity index (χ3v) is 4.29. The van der Waals surface area contributed by atoms with Gasteiger partial charge in [0, 0.05) is 28.5 Å². The van der Waals surface area contributed by atoms with E-state index in [-0.39, 0.29) is 12.5 Å². The van der Waals surface area contributed by atoms with Crippen molar-refractivity contribution in [3.63, 3.8) is 0 Å². The predicted molar refractivity (Wildman–Crippen MR) is 78.1 cm³/mol. The first-order valence-electron chi connectivity index (χ1n) is 6.95. The third kappa shape index (κ3) is 3.49. The van der Waals surface area contributed by atoms with Crippen LogP contribution in [0.3, 0.4) is 0 Å². The predicted octanol–water partition coefficient (Wildman–Crippen LogP) is 2.03. The van der Waals surface area contributed by atoms with Crippen molar-refractivity contribution in [3.05, 3.63) is 22.8 Å². The van der Waals surface area contributed by atoms with Crippen molar-refractivity contribution >= 4 is 17.7 Å². The van der Waals surface area contributed by atoms with Crippen LogP contribution in [0.5, 0.6) is 0 Å². The van der Waals surface area contributed by atoms with E-state index in [1.165, 1.54) is 0 Å². The van der Waals surface area contributed by atoms with E-state index in [4.69, 9.17) is 9.84 Å². The van der Waals surface area contributed by atoms with E-state index in [1.807, 2.05) is 25.6 Å². The van der Waals surface area contributed by atoms with Gasteiger partial charge < -0.3 is 9.84 Å². The van der Waals surface area contributed by atoms with Crippen molar-refractivity contribution in [2.24, 2.45) is 0 Å². The number of aliphatic carboxylic acids is 1. The van der Waals surface area contributed by atoms with E-state index in [0.29, 0.717) is 18.7 Å². The van der Waals surface area contributed by atoms with Crippen LogP contribution in [-0.2, 0) is 28.8 Å². The van der Waals surface area contributed by atoms with E-state index in [1.54, 1.807) is 0 Å². The normalized spacial score (nSPS) is 19.0. The van der Waals surface area contributed by atoms with Crippen molar-refractivity contribution in [1.29, 1.82) is 0 Å². The van der Waals surface area contributed by atoms with Crippen LogP contribution in [-0.4, -0.2) is 39.2 Å². The molecular formula is C14H20N2O3S. The molecule has 1 aromatic rings. The molecule has 0 aromatic carbocycles. The van der Waals surface area contributed by atoms with Crippen LogP contribution < -0.4 is 0 Å². The fraction of sp³-hybridized carbons (Fsp3) is 0.643. The van der Waals surface area contributed by atoms with Crippen molar-refractivity contribution < 1.29 is 14.6 Å². The monoisotopic (exact) mass is 296 g/mol. The van der Waals surface area contributed by atoms with E-state index < -0.39 is 5.97 Å². The van der Waals surface area contributed by atoms with Crippen molar-refractivity contribution in [2.75, 3.05) is 18.1 Å². The van der Waals surface area contributed by atoms with Gasteiger partial charge in [0.25, 0.3) is 0 Å². The van der Waals surface area contributed by atoms with E-state index in [9.17, 15) is 4.79 Å². The first kappa shape index (κ1) is 15.3. The Morgan fingerprint density at radius 2 is 2.00 bits per heavy atom. The van der Waals surface area contributed by atoms with Crippen LogP contribution in [0.2, 0.25) is 0 Å². The van der Waals surface area contributed by atoms with Gasteiger partial charge in [0.1, 0.15) is 6.10 Å². The highest BCUT2D eigenvalue weighted by Crippen LogP contribution is 2.26. The number of hydrogen-bond donors (Lipinski definition) is 1. The van der Waals surface area contributed by atoms with Gasteiger partial charge in [-0.25, -0.2) is 9.97 Å². The number of carboxylic acids is 1. The topological polar surface area (TPSA) is 72.3 Å². The molecule has 0 spiro atoms. The Labute approximate surface area is 123 Å². The Morgan fingerprint density at radius 1 is 1.35 bits per heavy atom. The minimum atomic E-state index is -0.838. The van der Waals surface area contributed by atoms with Crippen LogP contribution >= 0.6 is 11.8 Å². The number of hydrogen-bond acceptors (Lipinski definition) is 5. The molecule has 0 bridgehead atoms. The lowest BCUT2D eigenvalue weighted by Crippen LogP contribution is -2.21. The molecule has 1 aliphatic heterocycles. The summed E-state index contributed by atoms with van der Waals surface area (Å²) in [4.78, 5) is 20.1. The summed E-state index contributed by atoms with van der Waals surface area (Å²) >= 11 is 1.84. The smallest absolute Gasteiger partial charge is 0.307 e. The molecule has 2 rings (SSSR count). The summed E-state index contributed by atoms with van der Waals surface area (Å²) in [5.74, 6) is 1.75. The zero-order valence-electron chi connectivity index (χ0n) is 11.9. The second kappa shape index (κ2) is 7.04. The van der Waals surface area contributed by atoms with Gasteiger partial charge in [-0.2, -0.15) is 11.8 Å². The molecule has 110 valence electrons. The fourth-order valence-corrected chi connectivity index (χ4v) is 3.16. The number of ether oxygens (including phenoxy) is 1. The quantitative estimate of drug-likeness (QED) is 0.896. The van der Waals surface area contributed by atoms with Gasteiger partial charge in [0.05, 0.1) is 13.0 Å². The van der Waals surface area contributed by atoms with Gasteiger partial charge in [-0.1, -0.05) is 13.8 Å². The molecule has 5 nitrogen and oxygen atoms in total. The molecule has 0 aliphatic carbocycles. The fourth-order valence-electron chi connectivity index (χ4n) is 2.32. The number of aromatic nitrogens is 2. The second-order valence-corrected chi connectivity index (χ2v) is 5.82. The number of rotatable bonds is 5. The maximum atomic E-state index is 11.0. The zero-order chi connectivity index (χ0) is 14.5. The molecule has 1 atom stereocenters. The van der Waals surface area contributed by atoms with Gasteiger partial charge in [0.2, 0.25) is 0 Å². The summed E-state index contributed by atoms with van der Waals surface area (Å²) in [7, 11) is 0. The molecule has 0 radical (unpaired) electrons. The number of thioether (sulfide) groups is 1. The summed E-state index contributed by atoms with van der Waals surface area (Å²) in [6.07, 6.45) is 1.35. The highest BCUT2D eigenvalue weighted by atomic mass is 32.2. The first-order valence-corrected chi connectivity index (χ1v) is 8.10. The standard InChI is InChI=1S/C14H20N2O3S/c1-3-10-9(7-13(17)18)11(4-2)16-14(15-10)12-8-20-6-5-19-12/h12H,3-8H2,1-2H3,(H,17,18). The summed E-state index contributed by atoms with van der Waals surface area (Å²) < 4.78 is 5.72. The minimum Gasteiger partial charge on any atom is -0.481 e. The number of aryl methyl sites for hydroxylation is 2. The molecule has 1 N–H and O–H groups in total. The molecule has 1 aromatic heterocycles. The van der Waals surface area contributed by atoms with Gasteiger partial charge in [-0.05, 0) is 12.8 Å².